The Bertz CT molecular complexity index is 1270. The van der Waals surface area contributed by atoms with Crippen molar-refractivity contribution < 1.29 is 4.79 Å². The molecule has 29 heavy (non-hydrogen) atoms. The summed E-state index contributed by atoms with van der Waals surface area (Å²) in [5.74, 6) is 0.379. The lowest BCUT2D eigenvalue weighted by Gasteiger charge is -2.07. The lowest BCUT2D eigenvalue weighted by Crippen LogP contribution is -2.16. The van der Waals surface area contributed by atoms with Gasteiger partial charge < -0.3 is 5.32 Å². The molecule has 1 aliphatic rings. The number of aryl methyl sites for hydroxylation is 1. The molecule has 0 radical (unpaired) electrons. The molecule has 1 amide bonds. The number of carbonyl (C=O) groups excluding carboxylic acids is 1. The maximum atomic E-state index is 12.5. The summed E-state index contributed by atoms with van der Waals surface area (Å²) in [5.41, 5.74) is 6.60. The Balaban J connectivity index is 1.33. The molecular weight excluding hydrogens is 364 g/mol. The fraction of sp³-hybridized carbons (Fsp3) is 0.136. The molecule has 0 fully saturated rings. The molecule has 1 aliphatic heterocycles. The van der Waals surface area contributed by atoms with Crippen molar-refractivity contribution in [2.45, 2.75) is 19.9 Å². The van der Waals surface area contributed by atoms with Crippen LogP contribution in [0.25, 0.3) is 10.9 Å². The number of hydrogen-bond donors (Lipinski definition) is 2. The third kappa shape index (κ3) is 3.27. The molecule has 0 saturated heterocycles. The standard InChI is InChI=1S/C22H18N6O/c1-13-8-14(6-7-23-13)21-18-12-24-16(9-15(18)11-25-21)10-20(29)26-22-17-4-2-3-5-19(17)27-28-22/h2-9,12H,10-11H2,1H3,(H2,26,27,28,29). The lowest BCUT2D eigenvalue weighted by atomic mass is 10.0. The van der Waals surface area contributed by atoms with Crippen molar-refractivity contribution in [1.29, 1.82) is 0 Å². The van der Waals surface area contributed by atoms with E-state index in [1.54, 1.807) is 6.20 Å². The fourth-order valence-corrected chi connectivity index (χ4v) is 3.58. The van der Waals surface area contributed by atoms with Crippen LogP contribution < -0.4 is 5.32 Å². The molecule has 0 saturated carbocycles. The summed E-state index contributed by atoms with van der Waals surface area (Å²) in [5, 5.41) is 10.8. The van der Waals surface area contributed by atoms with Crippen molar-refractivity contribution in [3.05, 3.63) is 82.9 Å². The zero-order valence-electron chi connectivity index (χ0n) is 15.8. The minimum Gasteiger partial charge on any atom is -0.308 e. The highest BCUT2D eigenvalue weighted by Crippen LogP contribution is 2.24. The number of fused-ring (bicyclic) bond motifs is 2. The molecule has 0 atom stereocenters. The van der Waals surface area contributed by atoms with Gasteiger partial charge in [0.15, 0.2) is 5.82 Å². The first-order chi connectivity index (χ1) is 14.2. The van der Waals surface area contributed by atoms with Crippen LogP contribution >= 0.6 is 0 Å². The Morgan fingerprint density at radius 3 is 2.97 bits per heavy atom. The molecule has 0 unspecified atom stereocenters. The van der Waals surface area contributed by atoms with Crippen molar-refractivity contribution in [2.75, 3.05) is 5.32 Å². The number of pyridine rings is 2. The zero-order chi connectivity index (χ0) is 19.8. The van der Waals surface area contributed by atoms with Gasteiger partial charge in [-0.2, -0.15) is 5.10 Å². The maximum Gasteiger partial charge on any atom is 0.231 e. The van der Waals surface area contributed by atoms with Crippen LogP contribution in [-0.4, -0.2) is 31.8 Å². The van der Waals surface area contributed by atoms with E-state index >= 15 is 0 Å². The Kier molecular flexibility index (Phi) is 4.13. The van der Waals surface area contributed by atoms with E-state index in [1.165, 1.54) is 0 Å². The van der Waals surface area contributed by atoms with Gasteiger partial charge in [-0.15, -0.1) is 0 Å². The van der Waals surface area contributed by atoms with Crippen LogP contribution in [0.4, 0.5) is 5.82 Å². The predicted molar refractivity (Wildman–Crippen MR) is 111 cm³/mol. The molecule has 0 spiro atoms. The smallest absolute Gasteiger partial charge is 0.231 e. The Hall–Kier alpha value is -3.87. The van der Waals surface area contributed by atoms with Crippen LogP contribution in [0.5, 0.6) is 0 Å². The summed E-state index contributed by atoms with van der Waals surface area (Å²) < 4.78 is 0. The number of aromatic amines is 1. The van der Waals surface area contributed by atoms with Gasteiger partial charge in [-0.25, -0.2) is 0 Å². The van der Waals surface area contributed by atoms with Gasteiger partial charge in [0, 0.05) is 34.6 Å². The molecule has 5 rings (SSSR count). The van der Waals surface area contributed by atoms with Crippen LogP contribution in [0.1, 0.15) is 28.1 Å². The quantitative estimate of drug-likeness (QED) is 0.566. The SMILES string of the molecule is Cc1cc(C2=NCc3cc(CC(=O)Nc4n[nH]c5ccccc45)ncc32)ccn1. The predicted octanol–water partition coefficient (Wildman–Crippen LogP) is 3.19. The number of amides is 1. The lowest BCUT2D eigenvalue weighted by molar-refractivity contribution is -0.115. The first kappa shape index (κ1) is 17.2. The maximum absolute atomic E-state index is 12.5. The first-order valence-corrected chi connectivity index (χ1v) is 9.36. The molecule has 4 heterocycles. The highest BCUT2D eigenvalue weighted by molar-refractivity contribution is 6.15. The molecular formula is C22H18N6O. The van der Waals surface area contributed by atoms with Crippen molar-refractivity contribution in [3.8, 4) is 0 Å². The summed E-state index contributed by atoms with van der Waals surface area (Å²) in [7, 11) is 0. The minimum absolute atomic E-state index is 0.154. The number of aliphatic imine (C=N–C) groups is 1. The Morgan fingerprint density at radius 2 is 2.07 bits per heavy atom. The van der Waals surface area contributed by atoms with Gasteiger partial charge in [0.1, 0.15) is 0 Å². The topological polar surface area (TPSA) is 95.9 Å². The van der Waals surface area contributed by atoms with E-state index in [-0.39, 0.29) is 12.3 Å². The first-order valence-electron chi connectivity index (χ1n) is 9.36. The molecule has 7 heteroatoms. The molecule has 0 bridgehead atoms. The van der Waals surface area contributed by atoms with Gasteiger partial charge in [0.05, 0.1) is 29.9 Å². The number of hydrogen-bond acceptors (Lipinski definition) is 5. The summed E-state index contributed by atoms with van der Waals surface area (Å²) in [6.45, 7) is 2.55. The molecule has 0 aliphatic carbocycles. The van der Waals surface area contributed by atoms with Crippen molar-refractivity contribution >= 4 is 28.3 Å². The van der Waals surface area contributed by atoms with E-state index < -0.39 is 0 Å². The zero-order valence-corrected chi connectivity index (χ0v) is 15.8. The van der Waals surface area contributed by atoms with Gasteiger partial charge in [-0.05, 0) is 42.8 Å². The number of nitrogens with zero attached hydrogens (tertiary/aromatic N) is 4. The summed E-state index contributed by atoms with van der Waals surface area (Å²) in [4.78, 5) is 25.9. The van der Waals surface area contributed by atoms with Gasteiger partial charge >= 0.3 is 0 Å². The summed E-state index contributed by atoms with van der Waals surface area (Å²) >= 11 is 0. The second-order valence-corrected chi connectivity index (χ2v) is 7.03. The number of benzene rings is 1. The highest BCUT2D eigenvalue weighted by atomic mass is 16.1. The molecule has 1 aromatic carbocycles. The molecule has 142 valence electrons. The molecule has 4 aromatic rings. The number of carbonyl (C=O) groups is 1. The monoisotopic (exact) mass is 382 g/mol. The van der Waals surface area contributed by atoms with Gasteiger partial charge in [0.2, 0.25) is 5.91 Å². The highest BCUT2D eigenvalue weighted by Gasteiger charge is 2.19. The van der Waals surface area contributed by atoms with Crippen LogP contribution in [0.15, 0.2) is 59.9 Å². The third-order valence-corrected chi connectivity index (χ3v) is 4.95. The van der Waals surface area contributed by atoms with Crippen molar-refractivity contribution in [3.63, 3.8) is 0 Å². The van der Waals surface area contributed by atoms with E-state index in [0.717, 1.165) is 39.0 Å². The largest absolute Gasteiger partial charge is 0.308 e. The minimum atomic E-state index is -0.154. The van der Waals surface area contributed by atoms with E-state index in [9.17, 15) is 4.79 Å². The van der Waals surface area contributed by atoms with Crippen LogP contribution in [-0.2, 0) is 17.8 Å². The molecule has 7 nitrogen and oxygen atoms in total. The number of nitrogens with one attached hydrogen (secondary N) is 2. The Morgan fingerprint density at radius 1 is 1.17 bits per heavy atom. The van der Waals surface area contributed by atoms with Crippen LogP contribution in [0, 0.1) is 6.92 Å². The summed E-state index contributed by atoms with van der Waals surface area (Å²) in [6.07, 6.45) is 3.78. The second-order valence-electron chi connectivity index (χ2n) is 7.03. The number of rotatable bonds is 4. The van der Waals surface area contributed by atoms with Gasteiger partial charge in [-0.3, -0.25) is 24.9 Å². The third-order valence-electron chi connectivity index (χ3n) is 4.95. The number of anilines is 1. The second kappa shape index (κ2) is 6.94. The van der Waals surface area contributed by atoms with Crippen LogP contribution in [0.3, 0.4) is 0 Å². The fourth-order valence-electron chi connectivity index (χ4n) is 3.58. The average Bonchev–Trinajstić information content (AvgIpc) is 3.32. The van der Waals surface area contributed by atoms with E-state index in [0.29, 0.717) is 18.1 Å². The van der Waals surface area contributed by atoms with E-state index in [2.05, 4.69) is 30.5 Å². The average molecular weight is 382 g/mol. The van der Waals surface area contributed by atoms with Crippen molar-refractivity contribution in [2.24, 2.45) is 4.99 Å². The normalized spacial score (nSPS) is 12.7. The van der Waals surface area contributed by atoms with E-state index in [1.807, 2.05) is 55.6 Å². The summed E-state index contributed by atoms with van der Waals surface area (Å²) in [6, 6.07) is 13.6. The number of H-pyrrole nitrogens is 1. The van der Waals surface area contributed by atoms with Gasteiger partial charge in [-0.1, -0.05) is 12.1 Å². The Labute approximate surface area is 166 Å². The van der Waals surface area contributed by atoms with Crippen molar-refractivity contribution in [1.82, 2.24) is 20.2 Å². The van der Waals surface area contributed by atoms with Crippen LogP contribution in [0.2, 0.25) is 0 Å². The number of para-hydroxylation sites is 1. The van der Waals surface area contributed by atoms with Gasteiger partial charge in [0.25, 0.3) is 0 Å². The molecule has 2 N–H and O–H groups in total. The molecule has 3 aromatic heterocycles. The number of aromatic nitrogens is 4. The van der Waals surface area contributed by atoms with E-state index in [4.69, 9.17) is 0 Å².